The summed E-state index contributed by atoms with van der Waals surface area (Å²) in [5.41, 5.74) is 0. The van der Waals surface area contributed by atoms with Crippen molar-refractivity contribution in [2.75, 3.05) is 6.61 Å². The van der Waals surface area contributed by atoms with E-state index in [9.17, 15) is 9.59 Å². The van der Waals surface area contributed by atoms with Crippen molar-refractivity contribution in [3.8, 4) is 0 Å². The Morgan fingerprint density at radius 2 is 2.15 bits per heavy atom. The second-order valence-corrected chi connectivity index (χ2v) is 1.99. The van der Waals surface area contributed by atoms with E-state index >= 15 is 0 Å². The van der Waals surface area contributed by atoms with E-state index in [-0.39, 0.29) is 6.61 Å². The van der Waals surface area contributed by atoms with E-state index < -0.39 is 18.0 Å². The van der Waals surface area contributed by atoms with Gasteiger partial charge in [-0.05, 0) is 0 Å². The molecule has 0 saturated heterocycles. The average molecular weight is 190 g/mol. The van der Waals surface area contributed by atoms with Crippen molar-refractivity contribution >= 4 is 11.9 Å². The minimum absolute atomic E-state index is 0.300. The van der Waals surface area contributed by atoms with Crippen molar-refractivity contribution in [2.24, 2.45) is 22.1 Å². The molecular formula is C5H10N4O4. The summed E-state index contributed by atoms with van der Waals surface area (Å²) in [7, 11) is 0. The van der Waals surface area contributed by atoms with Crippen molar-refractivity contribution in [3.05, 3.63) is 0 Å². The maximum Gasteiger partial charge on any atom is 0.354 e. The van der Waals surface area contributed by atoms with Gasteiger partial charge in [0.1, 0.15) is 6.61 Å². The molecule has 0 unspecified atom stereocenters. The molecule has 8 heteroatoms. The van der Waals surface area contributed by atoms with Crippen LogP contribution in [0.4, 0.5) is 0 Å². The monoisotopic (exact) mass is 190 g/mol. The number of esters is 1. The highest BCUT2D eigenvalue weighted by atomic mass is 16.7. The lowest BCUT2D eigenvalue weighted by atomic mass is 10.3. The fourth-order valence-electron chi connectivity index (χ4n) is 0.504. The summed E-state index contributed by atoms with van der Waals surface area (Å²) in [6.07, 6.45) is 0. The molecule has 0 aromatic heterocycles. The first-order valence-electron chi connectivity index (χ1n) is 3.25. The van der Waals surface area contributed by atoms with Crippen LogP contribution < -0.4 is 11.7 Å². The Labute approximate surface area is 73.8 Å². The number of hydrogen-bond acceptors (Lipinski definition) is 7. The van der Waals surface area contributed by atoms with Gasteiger partial charge in [0.25, 0.3) is 0 Å². The topological polar surface area (TPSA) is 129 Å². The highest BCUT2D eigenvalue weighted by molar-refractivity contribution is 5.76. The molecule has 1 atom stereocenters. The standard InChI is InChI=1S/C5H10N4O4/c1-3(10)12-2-4(8-9-6)5(11)13-7/h4H,2,7H2,1H3,(H2,6,8)/t4-/m0/s1. The number of nitrogens with two attached hydrogens (primary N) is 2. The van der Waals surface area contributed by atoms with Crippen LogP contribution in [-0.4, -0.2) is 24.6 Å². The SMILES string of the molecule is CC(=O)OC[C@H](N=NN)C(=O)ON. The molecule has 0 aromatic carbocycles. The molecule has 0 amide bonds. The van der Waals surface area contributed by atoms with Crippen molar-refractivity contribution in [1.29, 1.82) is 0 Å². The molecule has 0 radical (unpaired) electrons. The van der Waals surface area contributed by atoms with E-state index in [1.54, 1.807) is 0 Å². The number of rotatable bonds is 4. The van der Waals surface area contributed by atoms with Gasteiger partial charge in [-0.1, -0.05) is 5.22 Å². The van der Waals surface area contributed by atoms with Crippen LogP contribution in [0.25, 0.3) is 0 Å². The lowest BCUT2D eigenvalue weighted by molar-refractivity contribution is -0.150. The first kappa shape index (κ1) is 11.3. The summed E-state index contributed by atoms with van der Waals surface area (Å²) in [5.74, 6) is 7.84. The minimum Gasteiger partial charge on any atom is -0.463 e. The molecule has 0 aromatic rings. The van der Waals surface area contributed by atoms with E-state index in [1.165, 1.54) is 6.92 Å². The van der Waals surface area contributed by atoms with Gasteiger partial charge in [-0.15, -0.1) is 0 Å². The van der Waals surface area contributed by atoms with E-state index in [1.807, 2.05) is 0 Å². The largest absolute Gasteiger partial charge is 0.463 e. The number of ether oxygens (including phenoxy) is 1. The third-order valence-electron chi connectivity index (χ3n) is 1.04. The maximum atomic E-state index is 10.8. The normalized spacial score (nSPS) is 12.5. The highest BCUT2D eigenvalue weighted by Gasteiger charge is 2.20. The molecule has 0 spiro atoms. The van der Waals surface area contributed by atoms with Gasteiger partial charge in [-0.25, -0.2) is 4.79 Å². The van der Waals surface area contributed by atoms with Crippen LogP contribution >= 0.6 is 0 Å². The number of carbonyl (C=O) groups is 2. The van der Waals surface area contributed by atoms with Crippen LogP contribution in [0, 0.1) is 0 Å². The summed E-state index contributed by atoms with van der Waals surface area (Å²) >= 11 is 0. The Balaban J connectivity index is 4.09. The quantitative estimate of drug-likeness (QED) is 0.244. The summed E-state index contributed by atoms with van der Waals surface area (Å²) in [4.78, 5) is 25.0. The maximum absolute atomic E-state index is 10.8. The summed E-state index contributed by atoms with van der Waals surface area (Å²) < 4.78 is 4.47. The Hall–Kier alpha value is -1.70. The van der Waals surface area contributed by atoms with E-state index in [0.29, 0.717) is 0 Å². The Morgan fingerprint density at radius 1 is 1.54 bits per heavy atom. The van der Waals surface area contributed by atoms with Crippen molar-refractivity contribution < 1.29 is 19.2 Å². The van der Waals surface area contributed by atoms with E-state index in [2.05, 4.69) is 25.8 Å². The fourth-order valence-corrected chi connectivity index (χ4v) is 0.504. The van der Waals surface area contributed by atoms with Crippen molar-refractivity contribution in [1.82, 2.24) is 0 Å². The average Bonchev–Trinajstić information content (AvgIpc) is 2.10. The first-order valence-corrected chi connectivity index (χ1v) is 3.25. The van der Waals surface area contributed by atoms with Crippen LogP contribution in [0.15, 0.2) is 10.3 Å². The molecule has 0 bridgehead atoms. The number of nitrogens with zero attached hydrogens (tertiary/aromatic N) is 2. The van der Waals surface area contributed by atoms with Crippen LogP contribution in [0.3, 0.4) is 0 Å². The van der Waals surface area contributed by atoms with Gasteiger partial charge in [-0.3, -0.25) is 4.79 Å². The molecule has 0 saturated carbocycles. The molecule has 4 N–H and O–H groups in total. The van der Waals surface area contributed by atoms with Gasteiger partial charge in [-0.2, -0.15) is 11.0 Å². The molecule has 0 aliphatic heterocycles. The molecule has 8 nitrogen and oxygen atoms in total. The zero-order chi connectivity index (χ0) is 10.3. The Bertz CT molecular complexity index is 217. The second-order valence-electron chi connectivity index (χ2n) is 1.99. The van der Waals surface area contributed by atoms with Crippen LogP contribution in [0.1, 0.15) is 6.92 Å². The fraction of sp³-hybridized carbons (Fsp3) is 0.600. The van der Waals surface area contributed by atoms with Gasteiger partial charge in [0.2, 0.25) is 6.04 Å². The van der Waals surface area contributed by atoms with Gasteiger partial charge in [0.05, 0.1) is 0 Å². The number of carbonyl (C=O) groups excluding carboxylic acids is 2. The van der Waals surface area contributed by atoms with Gasteiger partial charge in [0.15, 0.2) is 0 Å². The smallest absolute Gasteiger partial charge is 0.354 e. The molecule has 0 heterocycles. The third kappa shape index (κ3) is 4.69. The predicted octanol–water partition coefficient (Wildman–Crippen LogP) is -1.34. The molecule has 13 heavy (non-hydrogen) atoms. The van der Waals surface area contributed by atoms with Gasteiger partial charge in [0, 0.05) is 6.92 Å². The van der Waals surface area contributed by atoms with Crippen molar-refractivity contribution in [2.45, 2.75) is 13.0 Å². The van der Waals surface area contributed by atoms with Crippen molar-refractivity contribution in [3.63, 3.8) is 0 Å². The predicted molar refractivity (Wildman–Crippen MR) is 39.7 cm³/mol. The van der Waals surface area contributed by atoms with Crippen LogP contribution in [0.2, 0.25) is 0 Å². The van der Waals surface area contributed by atoms with E-state index in [0.717, 1.165) is 0 Å². The Kier molecular flexibility index (Phi) is 5.12. The summed E-state index contributed by atoms with van der Waals surface area (Å²) in [6, 6.07) is -1.11. The zero-order valence-corrected chi connectivity index (χ0v) is 6.97. The van der Waals surface area contributed by atoms with Gasteiger partial charge < -0.3 is 15.4 Å². The van der Waals surface area contributed by atoms with Gasteiger partial charge >= 0.3 is 11.9 Å². The lowest BCUT2D eigenvalue weighted by Gasteiger charge is -2.06. The van der Waals surface area contributed by atoms with E-state index in [4.69, 9.17) is 5.84 Å². The molecular weight excluding hydrogens is 180 g/mol. The zero-order valence-electron chi connectivity index (χ0n) is 6.97. The molecule has 0 aliphatic carbocycles. The molecule has 0 aliphatic rings. The molecule has 0 rings (SSSR count). The summed E-state index contributed by atoms with van der Waals surface area (Å²) in [5, 5.41) is 6.10. The first-order chi connectivity index (χ1) is 6.11. The number of hydrogen-bond donors (Lipinski definition) is 2. The van der Waals surface area contributed by atoms with Crippen LogP contribution in [0.5, 0.6) is 0 Å². The second kappa shape index (κ2) is 5.89. The summed E-state index contributed by atoms with van der Waals surface area (Å²) in [6.45, 7) is 0.885. The minimum atomic E-state index is -1.11. The van der Waals surface area contributed by atoms with Crippen LogP contribution in [-0.2, 0) is 19.2 Å². The lowest BCUT2D eigenvalue weighted by Crippen LogP contribution is -2.29. The highest BCUT2D eigenvalue weighted by Crippen LogP contribution is 1.95. The Morgan fingerprint density at radius 3 is 2.54 bits per heavy atom. The molecule has 74 valence electrons. The molecule has 0 fully saturated rings. The third-order valence-corrected chi connectivity index (χ3v) is 1.04.